The van der Waals surface area contributed by atoms with Crippen LogP contribution >= 0.6 is 11.6 Å². The first-order valence-electron chi connectivity index (χ1n) is 37.9. The topological polar surface area (TPSA) is 398 Å². The van der Waals surface area contributed by atoms with Crippen LogP contribution in [0.25, 0.3) is 17.6 Å². The number of aromatic nitrogens is 10. The van der Waals surface area contributed by atoms with Gasteiger partial charge in [-0.1, -0.05) is 70.3 Å². The van der Waals surface area contributed by atoms with E-state index in [4.69, 9.17) is 31.9 Å². The number of nitriles is 2. The number of benzene rings is 4. The van der Waals surface area contributed by atoms with Gasteiger partial charge in [-0.3, -0.25) is 19.2 Å². The van der Waals surface area contributed by atoms with Crippen molar-refractivity contribution in [2.75, 3.05) is 69.5 Å². The van der Waals surface area contributed by atoms with Gasteiger partial charge in [0.15, 0.2) is 0 Å². The summed E-state index contributed by atoms with van der Waals surface area (Å²) in [6.07, 6.45) is 17.9. The van der Waals surface area contributed by atoms with Gasteiger partial charge in [0.1, 0.15) is 53.6 Å². The van der Waals surface area contributed by atoms with Crippen molar-refractivity contribution in [2.24, 2.45) is 39.1 Å². The largest absolute Gasteiger partial charge is 1.00 e. The van der Waals surface area contributed by atoms with Crippen LogP contribution in [-0.4, -0.2) is 160 Å². The zero-order valence-corrected chi connectivity index (χ0v) is 69.8. The molecule has 4 saturated carbocycles. The smallest absolute Gasteiger partial charge is 0.693 e. The number of carbonyl (C=O) groups is 4. The summed E-state index contributed by atoms with van der Waals surface area (Å²) in [7, 11) is 3.75. The fourth-order valence-corrected chi connectivity index (χ4v) is 12.0. The van der Waals surface area contributed by atoms with Crippen LogP contribution in [0, 0.1) is 74.9 Å². The van der Waals surface area contributed by atoms with E-state index in [9.17, 15) is 45.5 Å². The molecule has 3 amide bonds. The molecule has 28 nitrogen and oxygen atoms in total. The Morgan fingerprint density at radius 2 is 0.883 bits per heavy atom. The number of hydrogen-bond donors (Lipinski definition) is 4. The number of amides is 3. The number of nitrogens with two attached hydrogens (primary N) is 1. The van der Waals surface area contributed by atoms with Crippen molar-refractivity contribution in [1.82, 2.24) is 70.1 Å². The second-order valence-corrected chi connectivity index (χ2v) is 27.9. The summed E-state index contributed by atoms with van der Waals surface area (Å²) in [6, 6.07) is 28.7. The number of halogens is 7. The number of alkyl halides is 2. The first kappa shape index (κ1) is 100. The molecule has 1 radical (unpaired) electrons. The Morgan fingerprint density at radius 3 is 1.20 bits per heavy atom. The number of hydrogen-bond acceptors (Lipinski definition) is 24. The minimum absolute atomic E-state index is 0. The van der Waals surface area contributed by atoms with Crippen LogP contribution in [0.15, 0.2) is 166 Å². The third-order valence-electron chi connectivity index (χ3n) is 19.0. The normalized spacial score (nSPS) is 14.1. The molecule has 4 fully saturated rings. The van der Waals surface area contributed by atoms with E-state index in [0.29, 0.717) is 105 Å². The molecule has 5 aliphatic rings. The van der Waals surface area contributed by atoms with E-state index in [1.807, 2.05) is 54.5 Å². The molecule has 6 N–H and O–H groups in total. The molecule has 14 rings (SSSR count). The van der Waals surface area contributed by atoms with Gasteiger partial charge in [0.25, 0.3) is 11.8 Å². The van der Waals surface area contributed by atoms with E-state index in [1.165, 1.54) is 85.7 Å². The van der Waals surface area contributed by atoms with E-state index in [2.05, 4.69) is 89.1 Å². The average molecular weight is 1700 g/mol. The Hall–Kier alpha value is -10.4. The molecule has 4 unspecified atom stereocenters. The third kappa shape index (κ3) is 31.9. The third-order valence-corrected chi connectivity index (χ3v) is 19.3. The van der Waals surface area contributed by atoms with E-state index in [0.717, 1.165) is 91.4 Å². The van der Waals surface area contributed by atoms with Crippen LogP contribution in [-0.2, 0) is 32.0 Å². The Bertz CT molecular complexity index is 4780. The quantitative estimate of drug-likeness (QED) is 0.0178. The minimum atomic E-state index is -2.85. The van der Waals surface area contributed by atoms with Crippen molar-refractivity contribution >= 4 is 59.8 Å². The summed E-state index contributed by atoms with van der Waals surface area (Å²) in [5.74, 6) is 0.888. The van der Waals surface area contributed by atoms with Crippen LogP contribution in [0.5, 0.6) is 0 Å². The summed E-state index contributed by atoms with van der Waals surface area (Å²) in [4.78, 5) is 87.2. The molecule has 0 bridgehead atoms. The molecule has 4 aromatic carbocycles. The molecule has 4 atom stereocenters. The number of nitrogens with zero attached hydrogens (tertiary/aromatic N) is 18. The van der Waals surface area contributed by atoms with Crippen LogP contribution in [0.1, 0.15) is 181 Å². The molecule has 6 heterocycles. The maximum absolute atomic E-state index is 13.4. The Morgan fingerprint density at radius 1 is 0.525 bits per heavy atom. The maximum atomic E-state index is 13.4. The van der Waals surface area contributed by atoms with Gasteiger partial charge in [-0.05, 0) is 166 Å². The number of likely N-dealkylation sites (N-methyl/N-ethyl adjacent to an activating group) is 4. The Labute approximate surface area is 743 Å². The summed E-state index contributed by atoms with van der Waals surface area (Å²) in [6.45, 7) is 13.1. The van der Waals surface area contributed by atoms with Crippen molar-refractivity contribution in [3.05, 3.63) is 233 Å². The van der Waals surface area contributed by atoms with Crippen LogP contribution < -0.4 is 67.3 Å². The van der Waals surface area contributed by atoms with Gasteiger partial charge in [0.05, 0.1) is 59.3 Å². The summed E-state index contributed by atoms with van der Waals surface area (Å²) < 4.78 is 83.4. The van der Waals surface area contributed by atoms with Gasteiger partial charge in [-0.25, -0.2) is 57.4 Å². The Kier molecular flexibility index (Phi) is 42.8. The molecule has 1 aliphatic heterocycles. The number of anilines is 2. The van der Waals surface area contributed by atoms with Crippen LogP contribution in [0.4, 0.5) is 38.2 Å². The van der Waals surface area contributed by atoms with Gasteiger partial charge < -0.3 is 41.2 Å². The molecule has 627 valence electrons. The van der Waals surface area contributed by atoms with Crippen molar-refractivity contribution < 1.29 is 101 Å². The van der Waals surface area contributed by atoms with E-state index in [1.54, 1.807) is 60.9 Å². The number of rotatable bonds is 31. The molecule has 4 aliphatic carbocycles. The standard InChI is InChI=1S/C22H22F3N5O2.C21H23FN6O.C19H20FN5O.C15H16FN5.C4H5ClO.2CH4.BHN.K.H2N/c1-2-30(22(31)14-3-4-14)12-15(13-5-7-17(23)8-6-13)9-18-26-10-16(11-27-18)20-28-29-21(32-20)19(24)25;1-2-28(21(29)15-3-4-15)13-16(14-5-7-18(22)8-6-14)9-20-23-10-17(11-24-20)19-12-25-27-26-19;1-2-25(18(26)15-3-4-15)12-17(14-5-7-16(20)8-6-14)24-19-22-10-13(9-21)11-23-19;1-2-18-10-14(12-3-5-13(16)6-4-12)21-15-19-8-11(7-17)9-20-15;5-4(6)3-1-2-3;;;1-2;;/h5-8,10-11,14-15,19H,2-4,9,12H2,1H3;5-8,10-11,15-16H,2-4,9,12-13H2,1H3;5-8,10-11,15,17H,2-4,12H2,1H3,(H,22,23,24);3-6,8-9,14,18H,2,10H2,1H3,(H,19,20,21);3H,1-2H2;2*1H4;2H;;1H2/q;;;;;;;;+1;-1. The van der Waals surface area contributed by atoms with Crippen molar-refractivity contribution in [3.63, 3.8) is 0 Å². The van der Waals surface area contributed by atoms with E-state index < -0.39 is 12.3 Å². The second kappa shape index (κ2) is 51.2. The summed E-state index contributed by atoms with van der Waals surface area (Å²) >= 11 is 5.04. The van der Waals surface area contributed by atoms with Crippen molar-refractivity contribution in [2.45, 2.75) is 137 Å². The molecule has 120 heavy (non-hydrogen) atoms. The first-order chi connectivity index (χ1) is 56.2. The van der Waals surface area contributed by atoms with Crippen molar-refractivity contribution in [3.8, 4) is 23.6 Å². The molecular formula is C83H97BClF6KN23O5. The molecule has 0 saturated heterocycles. The predicted octanol–water partition coefficient (Wildman–Crippen LogP) is 12.8. The Balaban J connectivity index is 0.000000275. The molecule has 5 aromatic heterocycles. The van der Waals surface area contributed by atoms with E-state index in [-0.39, 0.29) is 172 Å². The summed E-state index contributed by atoms with van der Waals surface area (Å²) in [5.41, 5.74) is 6.27. The first-order valence-corrected chi connectivity index (χ1v) is 38.3. The van der Waals surface area contributed by atoms with Gasteiger partial charge in [-0.15, -0.1) is 15.3 Å². The van der Waals surface area contributed by atoms with Crippen LogP contribution in [0.3, 0.4) is 0 Å². The molecule has 37 heteroatoms. The zero-order chi connectivity index (χ0) is 83.0. The number of nitrogens with one attached hydrogen (secondary N) is 4. The molecule has 9 aromatic rings. The predicted molar refractivity (Wildman–Crippen MR) is 438 cm³/mol. The minimum Gasteiger partial charge on any atom is -0.693 e. The second-order valence-electron chi connectivity index (χ2n) is 27.5. The SMILES string of the molecule is C.C.CCN(CC(Cc1ncc(-c2nnc(C(F)F)o2)cn1)c1ccc(F)cc1)C(=O)C1CC1.CCN(CC(Cc1ncc(C2=NN=NC2)cn1)c1ccc(F)cc1)C(=O)C1CC1.CCN(CC(Nc1ncc(C#N)cn1)c1ccc(F)cc1)C(=O)C1CC1.CCNCC(Nc1ncc(C#N)cn1)c1ccc(F)cc1.O=C(Cl)C1CC1.[B]=N.[K+].[NH2-]. The summed E-state index contributed by atoms with van der Waals surface area (Å²) in [5, 5.41) is 50.6. The zero-order valence-electron chi connectivity index (χ0n) is 65.9. The molecular weight excluding hydrogens is 1600 g/mol. The van der Waals surface area contributed by atoms with Crippen molar-refractivity contribution in [1.29, 1.82) is 15.8 Å². The number of carbonyl (C=O) groups excluding carboxylic acids is 4. The molecule has 0 spiro atoms. The van der Waals surface area contributed by atoms with Crippen LogP contribution in [0.2, 0.25) is 0 Å². The fraction of sp³-hybridized carbons (Fsp3) is 0.410. The van der Waals surface area contributed by atoms with Gasteiger partial charge in [0.2, 0.25) is 34.9 Å². The van der Waals surface area contributed by atoms with Gasteiger partial charge in [-0.2, -0.15) is 24.4 Å². The maximum Gasteiger partial charge on any atom is 1.00 e. The monoisotopic (exact) mass is 1690 g/mol. The average Bonchev–Trinajstić information content (AvgIpc) is 1.63. The van der Waals surface area contributed by atoms with Gasteiger partial charge in [0, 0.05) is 125 Å². The van der Waals surface area contributed by atoms with Gasteiger partial charge >= 0.3 is 70.8 Å². The fourth-order valence-electron chi connectivity index (χ4n) is 11.8. The van der Waals surface area contributed by atoms with E-state index >= 15 is 0 Å².